The highest BCUT2D eigenvalue weighted by molar-refractivity contribution is 5.81. The monoisotopic (exact) mass is 276 g/mol. The lowest BCUT2D eigenvalue weighted by molar-refractivity contribution is -0.120. The van der Waals surface area contributed by atoms with Crippen LogP contribution in [0.25, 0.3) is 0 Å². The third kappa shape index (κ3) is 3.19. The number of amides is 1. The van der Waals surface area contributed by atoms with Crippen molar-refractivity contribution < 1.29 is 13.6 Å². The fourth-order valence-corrected chi connectivity index (χ4v) is 1.92. The Morgan fingerprint density at radius 2 is 1.80 bits per heavy atom. The van der Waals surface area contributed by atoms with Gasteiger partial charge in [-0.05, 0) is 11.6 Å². The second-order valence-corrected chi connectivity index (χ2v) is 4.34. The second kappa shape index (κ2) is 6.25. The van der Waals surface area contributed by atoms with Crippen LogP contribution in [0.15, 0.2) is 48.5 Å². The number of halogens is 2. The largest absolute Gasteiger partial charge is 0.368 e. The normalized spacial score (nSPS) is 12.1. The molecule has 20 heavy (non-hydrogen) atoms. The molecular weight excluding hydrogens is 262 g/mol. The van der Waals surface area contributed by atoms with Crippen LogP contribution in [0.2, 0.25) is 0 Å². The molecule has 0 radical (unpaired) electrons. The summed E-state index contributed by atoms with van der Waals surface area (Å²) in [5.41, 5.74) is 6.08. The van der Waals surface area contributed by atoms with Crippen LogP contribution in [0.3, 0.4) is 0 Å². The van der Waals surface area contributed by atoms with Crippen molar-refractivity contribution in [3.63, 3.8) is 0 Å². The lowest BCUT2D eigenvalue weighted by Gasteiger charge is -2.16. The summed E-state index contributed by atoms with van der Waals surface area (Å²) < 4.78 is 26.9. The van der Waals surface area contributed by atoms with Gasteiger partial charge < -0.3 is 5.73 Å². The van der Waals surface area contributed by atoms with E-state index >= 15 is 0 Å². The predicted octanol–water partition coefficient (Wildman–Crippen LogP) is 2.28. The van der Waals surface area contributed by atoms with Crippen LogP contribution in [0.4, 0.5) is 8.78 Å². The van der Waals surface area contributed by atoms with E-state index in [2.05, 4.69) is 5.32 Å². The third-order valence-corrected chi connectivity index (χ3v) is 2.93. The molecule has 0 saturated heterocycles. The molecule has 1 atom stereocenters. The standard InChI is InChI=1S/C15H14F2N2O/c16-12-8-4-7-11(13(12)17)14(15(18)20)19-9-10-5-2-1-3-6-10/h1-8,14,19H,9H2,(H2,18,20). The molecule has 2 rings (SSSR count). The highest BCUT2D eigenvalue weighted by atomic mass is 19.2. The Balaban J connectivity index is 2.20. The van der Waals surface area contributed by atoms with Crippen LogP contribution in [0, 0.1) is 11.6 Å². The number of hydrogen-bond acceptors (Lipinski definition) is 2. The van der Waals surface area contributed by atoms with Crippen molar-refractivity contribution in [2.75, 3.05) is 0 Å². The summed E-state index contributed by atoms with van der Waals surface area (Å²) in [7, 11) is 0. The second-order valence-electron chi connectivity index (χ2n) is 4.34. The molecule has 0 saturated carbocycles. The molecule has 0 aliphatic carbocycles. The Bertz CT molecular complexity index is 602. The molecule has 3 nitrogen and oxygen atoms in total. The molecule has 0 aliphatic heterocycles. The number of benzene rings is 2. The van der Waals surface area contributed by atoms with Crippen molar-refractivity contribution >= 4 is 5.91 Å². The summed E-state index contributed by atoms with van der Waals surface area (Å²) in [6.07, 6.45) is 0. The Kier molecular flexibility index (Phi) is 4.42. The van der Waals surface area contributed by atoms with Crippen LogP contribution in [0.1, 0.15) is 17.2 Å². The van der Waals surface area contributed by atoms with E-state index in [9.17, 15) is 13.6 Å². The molecule has 0 aliphatic rings. The van der Waals surface area contributed by atoms with Crippen LogP contribution in [-0.4, -0.2) is 5.91 Å². The summed E-state index contributed by atoms with van der Waals surface area (Å²) in [6.45, 7) is 0.324. The fraction of sp³-hybridized carbons (Fsp3) is 0.133. The van der Waals surface area contributed by atoms with Gasteiger partial charge in [-0.2, -0.15) is 0 Å². The zero-order valence-corrected chi connectivity index (χ0v) is 10.6. The van der Waals surface area contributed by atoms with Gasteiger partial charge in [0, 0.05) is 12.1 Å². The lowest BCUT2D eigenvalue weighted by atomic mass is 10.0. The van der Waals surface area contributed by atoms with Crippen molar-refractivity contribution in [2.24, 2.45) is 5.73 Å². The highest BCUT2D eigenvalue weighted by Crippen LogP contribution is 2.19. The average Bonchev–Trinajstić information content (AvgIpc) is 2.44. The molecule has 1 amide bonds. The van der Waals surface area contributed by atoms with E-state index in [1.807, 2.05) is 30.3 Å². The Hall–Kier alpha value is -2.27. The maximum atomic E-state index is 13.7. The molecule has 2 aromatic rings. The highest BCUT2D eigenvalue weighted by Gasteiger charge is 2.22. The third-order valence-electron chi connectivity index (χ3n) is 2.93. The molecule has 0 heterocycles. The summed E-state index contributed by atoms with van der Waals surface area (Å²) in [5, 5.41) is 2.84. The maximum absolute atomic E-state index is 13.7. The SMILES string of the molecule is NC(=O)C(NCc1ccccc1)c1cccc(F)c1F. The van der Waals surface area contributed by atoms with Crippen molar-refractivity contribution in [3.8, 4) is 0 Å². The van der Waals surface area contributed by atoms with Gasteiger partial charge in [0.1, 0.15) is 6.04 Å². The molecule has 0 spiro atoms. The van der Waals surface area contributed by atoms with Gasteiger partial charge in [-0.25, -0.2) is 8.78 Å². The van der Waals surface area contributed by atoms with Crippen LogP contribution in [-0.2, 0) is 11.3 Å². The van der Waals surface area contributed by atoms with Gasteiger partial charge in [-0.3, -0.25) is 10.1 Å². The summed E-state index contributed by atoms with van der Waals surface area (Å²) >= 11 is 0. The van der Waals surface area contributed by atoms with E-state index in [0.29, 0.717) is 6.54 Å². The van der Waals surface area contributed by atoms with Crippen molar-refractivity contribution in [2.45, 2.75) is 12.6 Å². The number of hydrogen-bond donors (Lipinski definition) is 2. The quantitative estimate of drug-likeness (QED) is 0.880. The molecule has 0 bridgehead atoms. The maximum Gasteiger partial charge on any atom is 0.239 e. The Labute approximate surface area is 115 Å². The van der Waals surface area contributed by atoms with E-state index in [1.54, 1.807) is 0 Å². The summed E-state index contributed by atoms with van der Waals surface area (Å²) in [5.74, 6) is -2.82. The molecule has 104 valence electrons. The van der Waals surface area contributed by atoms with Gasteiger partial charge in [-0.1, -0.05) is 42.5 Å². The zero-order valence-electron chi connectivity index (χ0n) is 10.6. The number of primary amides is 1. The minimum atomic E-state index is -1.08. The van der Waals surface area contributed by atoms with Crippen LogP contribution in [0.5, 0.6) is 0 Å². The topological polar surface area (TPSA) is 55.1 Å². The van der Waals surface area contributed by atoms with E-state index in [0.717, 1.165) is 11.6 Å². The molecular formula is C15H14F2N2O. The molecule has 1 unspecified atom stereocenters. The van der Waals surface area contributed by atoms with Gasteiger partial charge in [0.15, 0.2) is 11.6 Å². The predicted molar refractivity (Wildman–Crippen MR) is 71.6 cm³/mol. The van der Waals surface area contributed by atoms with Gasteiger partial charge >= 0.3 is 0 Å². The van der Waals surface area contributed by atoms with E-state index < -0.39 is 23.6 Å². The number of rotatable bonds is 5. The average molecular weight is 276 g/mol. The molecule has 3 N–H and O–H groups in total. The first-order valence-electron chi connectivity index (χ1n) is 6.10. The first-order chi connectivity index (χ1) is 9.59. The summed E-state index contributed by atoms with van der Waals surface area (Å²) in [6, 6.07) is 11.9. The molecule has 2 aromatic carbocycles. The van der Waals surface area contributed by atoms with Crippen LogP contribution < -0.4 is 11.1 Å². The van der Waals surface area contributed by atoms with E-state index in [1.165, 1.54) is 12.1 Å². The molecule has 0 aromatic heterocycles. The first-order valence-corrected chi connectivity index (χ1v) is 6.10. The van der Waals surface area contributed by atoms with E-state index in [-0.39, 0.29) is 5.56 Å². The van der Waals surface area contributed by atoms with Crippen LogP contribution >= 0.6 is 0 Å². The zero-order chi connectivity index (χ0) is 14.5. The smallest absolute Gasteiger partial charge is 0.239 e. The van der Waals surface area contributed by atoms with Gasteiger partial charge in [0.05, 0.1) is 0 Å². The van der Waals surface area contributed by atoms with Crippen molar-refractivity contribution in [1.82, 2.24) is 5.32 Å². The number of carbonyl (C=O) groups excluding carboxylic acids is 1. The number of nitrogens with one attached hydrogen (secondary N) is 1. The molecule has 0 fully saturated rings. The Morgan fingerprint density at radius 1 is 1.10 bits per heavy atom. The van der Waals surface area contributed by atoms with Gasteiger partial charge in [0.2, 0.25) is 5.91 Å². The molecule has 5 heteroatoms. The van der Waals surface area contributed by atoms with Gasteiger partial charge in [0.25, 0.3) is 0 Å². The Morgan fingerprint density at radius 3 is 2.45 bits per heavy atom. The van der Waals surface area contributed by atoms with Crippen molar-refractivity contribution in [3.05, 3.63) is 71.3 Å². The number of carbonyl (C=O) groups is 1. The minimum absolute atomic E-state index is 0.0894. The van der Waals surface area contributed by atoms with E-state index in [4.69, 9.17) is 5.73 Å². The minimum Gasteiger partial charge on any atom is -0.368 e. The number of nitrogens with two attached hydrogens (primary N) is 1. The van der Waals surface area contributed by atoms with Crippen molar-refractivity contribution in [1.29, 1.82) is 0 Å². The summed E-state index contributed by atoms with van der Waals surface area (Å²) in [4.78, 5) is 11.5. The fourth-order valence-electron chi connectivity index (χ4n) is 1.92. The lowest BCUT2D eigenvalue weighted by Crippen LogP contribution is -2.34. The van der Waals surface area contributed by atoms with Gasteiger partial charge in [-0.15, -0.1) is 0 Å². The first kappa shape index (κ1) is 14.1.